The van der Waals surface area contributed by atoms with Crippen molar-refractivity contribution in [2.45, 2.75) is 24.8 Å². The smallest absolute Gasteiger partial charge is 0.240 e. The molecule has 76 valence electrons. The van der Waals surface area contributed by atoms with E-state index in [-0.39, 0.29) is 5.91 Å². The number of carbonyl (C=O) groups excluding carboxylic acids is 1. The Bertz CT molecular complexity index is 226. The molecule has 1 unspecified atom stereocenters. The lowest BCUT2D eigenvalue weighted by atomic mass is 9.77. The predicted molar refractivity (Wildman–Crippen MR) is 52.7 cm³/mol. The lowest BCUT2D eigenvalue weighted by Crippen LogP contribution is -2.58. The number of amides is 1. The fraction of sp³-hybridized carbons (Fsp3) is 0.875. The van der Waals surface area contributed by atoms with E-state index in [1.165, 1.54) is 0 Å². The fourth-order valence-electron chi connectivity index (χ4n) is 1.27. The molecule has 0 saturated heterocycles. The second-order valence-electron chi connectivity index (χ2n) is 3.54. The zero-order valence-electron chi connectivity index (χ0n) is 7.84. The van der Waals surface area contributed by atoms with Gasteiger partial charge in [0, 0.05) is 29.4 Å². The van der Waals surface area contributed by atoms with E-state index >= 15 is 0 Å². The number of nitrogens with one attached hydrogen (secondary N) is 1. The molecule has 1 rings (SSSR count). The lowest BCUT2D eigenvalue weighted by Gasteiger charge is -2.36. The summed E-state index contributed by atoms with van der Waals surface area (Å²) < 4.78 is 10.7. The topological polar surface area (TPSA) is 72.2 Å². The molecule has 1 aliphatic carbocycles. The molecule has 0 heterocycles. The molecule has 0 aromatic rings. The highest BCUT2D eigenvalue weighted by atomic mass is 32.2. The third kappa shape index (κ3) is 2.77. The van der Waals surface area contributed by atoms with E-state index < -0.39 is 16.3 Å². The normalized spacial score (nSPS) is 21.7. The van der Waals surface area contributed by atoms with Crippen molar-refractivity contribution < 1.29 is 9.00 Å². The number of hydrogen-bond donors (Lipinski definition) is 2. The summed E-state index contributed by atoms with van der Waals surface area (Å²) in [5.41, 5.74) is 5.15. The minimum Gasteiger partial charge on any atom is -0.354 e. The van der Waals surface area contributed by atoms with Gasteiger partial charge in [0.1, 0.15) is 0 Å². The van der Waals surface area contributed by atoms with Crippen LogP contribution < -0.4 is 11.1 Å². The van der Waals surface area contributed by atoms with Crippen LogP contribution in [0.15, 0.2) is 0 Å². The molecule has 3 N–H and O–H groups in total. The van der Waals surface area contributed by atoms with Crippen LogP contribution in [0.4, 0.5) is 0 Å². The first-order valence-electron chi connectivity index (χ1n) is 4.42. The highest BCUT2D eigenvalue weighted by Crippen LogP contribution is 2.28. The summed E-state index contributed by atoms with van der Waals surface area (Å²) >= 11 is 0. The Hall–Kier alpha value is -0.420. The van der Waals surface area contributed by atoms with Gasteiger partial charge in [-0.3, -0.25) is 9.00 Å². The average molecular weight is 204 g/mol. The van der Waals surface area contributed by atoms with Gasteiger partial charge in [-0.05, 0) is 19.3 Å². The van der Waals surface area contributed by atoms with Crippen LogP contribution in [0, 0.1) is 0 Å². The van der Waals surface area contributed by atoms with E-state index in [0.717, 1.165) is 19.3 Å². The summed E-state index contributed by atoms with van der Waals surface area (Å²) in [4.78, 5) is 11.4. The Morgan fingerprint density at radius 3 is 2.62 bits per heavy atom. The van der Waals surface area contributed by atoms with Crippen molar-refractivity contribution in [3.05, 3.63) is 0 Å². The van der Waals surface area contributed by atoms with Crippen molar-refractivity contribution in [3.63, 3.8) is 0 Å². The zero-order valence-corrected chi connectivity index (χ0v) is 8.65. The highest BCUT2D eigenvalue weighted by Gasteiger charge is 2.39. The maximum absolute atomic E-state index is 11.4. The van der Waals surface area contributed by atoms with E-state index in [0.29, 0.717) is 12.3 Å². The molecule has 1 saturated carbocycles. The van der Waals surface area contributed by atoms with Crippen molar-refractivity contribution in [2.24, 2.45) is 5.73 Å². The Morgan fingerprint density at radius 1 is 1.62 bits per heavy atom. The second kappa shape index (κ2) is 4.19. The van der Waals surface area contributed by atoms with E-state index in [1.807, 2.05) is 0 Å². The van der Waals surface area contributed by atoms with Gasteiger partial charge in [-0.1, -0.05) is 0 Å². The van der Waals surface area contributed by atoms with Gasteiger partial charge in [-0.15, -0.1) is 0 Å². The molecule has 4 nitrogen and oxygen atoms in total. The molecule has 0 aliphatic heterocycles. The van der Waals surface area contributed by atoms with Crippen LogP contribution in [0.2, 0.25) is 0 Å². The third-order valence-electron chi connectivity index (χ3n) is 2.37. The van der Waals surface area contributed by atoms with Gasteiger partial charge in [-0.2, -0.15) is 0 Å². The van der Waals surface area contributed by atoms with Gasteiger partial charge >= 0.3 is 0 Å². The molecule has 0 radical (unpaired) electrons. The Labute approximate surface area is 80.7 Å². The first-order valence-corrected chi connectivity index (χ1v) is 6.14. The molecule has 1 aliphatic rings. The van der Waals surface area contributed by atoms with Crippen molar-refractivity contribution in [1.82, 2.24) is 5.32 Å². The standard InChI is InChI=1S/C8H16N2O2S/c1-13(12)6-5-10-7(11)8(9)3-2-4-8/h2-6,9H2,1H3,(H,10,11). The van der Waals surface area contributed by atoms with Gasteiger partial charge in [0.25, 0.3) is 0 Å². The summed E-state index contributed by atoms with van der Waals surface area (Å²) in [7, 11) is -0.848. The van der Waals surface area contributed by atoms with Crippen LogP contribution in [0.1, 0.15) is 19.3 Å². The summed E-state index contributed by atoms with van der Waals surface area (Å²) in [6, 6.07) is 0. The van der Waals surface area contributed by atoms with E-state index in [2.05, 4.69) is 5.32 Å². The number of rotatable bonds is 4. The minimum absolute atomic E-state index is 0.0933. The van der Waals surface area contributed by atoms with Crippen molar-refractivity contribution >= 4 is 16.7 Å². The van der Waals surface area contributed by atoms with Crippen LogP contribution in [0.25, 0.3) is 0 Å². The van der Waals surface area contributed by atoms with Crippen LogP contribution in [-0.4, -0.2) is 34.2 Å². The summed E-state index contributed by atoms with van der Waals surface area (Å²) in [6.45, 7) is 0.459. The summed E-state index contributed by atoms with van der Waals surface area (Å²) in [6.07, 6.45) is 4.19. The molecule has 13 heavy (non-hydrogen) atoms. The maximum atomic E-state index is 11.4. The van der Waals surface area contributed by atoms with Gasteiger partial charge in [-0.25, -0.2) is 0 Å². The molecule has 1 amide bonds. The number of nitrogens with two attached hydrogens (primary N) is 1. The third-order valence-corrected chi connectivity index (χ3v) is 3.15. The molecule has 5 heteroatoms. The van der Waals surface area contributed by atoms with Crippen molar-refractivity contribution in [1.29, 1.82) is 0 Å². The first kappa shape index (κ1) is 10.7. The van der Waals surface area contributed by atoms with Crippen molar-refractivity contribution in [3.8, 4) is 0 Å². The van der Waals surface area contributed by atoms with E-state index in [4.69, 9.17) is 5.73 Å². The molecule has 0 aromatic carbocycles. The molecule has 1 atom stereocenters. The molecule has 0 bridgehead atoms. The van der Waals surface area contributed by atoms with Gasteiger partial charge in [0.15, 0.2) is 0 Å². The Kier molecular flexibility index (Phi) is 3.44. The second-order valence-corrected chi connectivity index (χ2v) is 5.10. The van der Waals surface area contributed by atoms with Gasteiger partial charge < -0.3 is 11.1 Å². The lowest BCUT2D eigenvalue weighted by molar-refractivity contribution is -0.129. The van der Waals surface area contributed by atoms with Gasteiger partial charge in [0.2, 0.25) is 5.91 Å². The van der Waals surface area contributed by atoms with Crippen LogP contribution in [0.3, 0.4) is 0 Å². The Morgan fingerprint density at radius 2 is 2.23 bits per heavy atom. The highest BCUT2D eigenvalue weighted by molar-refractivity contribution is 7.84. The van der Waals surface area contributed by atoms with E-state index in [1.54, 1.807) is 6.26 Å². The number of carbonyl (C=O) groups is 1. The first-order chi connectivity index (χ1) is 6.04. The predicted octanol–water partition coefficient (Wildman–Crippen LogP) is -0.637. The fourth-order valence-corrected chi connectivity index (χ4v) is 1.66. The van der Waals surface area contributed by atoms with E-state index in [9.17, 15) is 9.00 Å². The molecular formula is C8H16N2O2S. The van der Waals surface area contributed by atoms with Crippen LogP contribution in [0.5, 0.6) is 0 Å². The van der Waals surface area contributed by atoms with Crippen LogP contribution in [-0.2, 0) is 15.6 Å². The number of hydrogen-bond acceptors (Lipinski definition) is 3. The molecule has 0 spiro atoms. The molecule has 0 aromatic heterocycles. The SMILES string of the molecule is CS(=O)CCNC(=O)C1(N)CCC1. The Balaban J connectivity index is 2.21. The average Bonchev–Trinajstić information content (AvgIpc) is 1.99. The maximum Gasteiger partial charge on any atom is 0.240 e. The summed E-state index contributed by atoms with van der Waals surface area (Å²) in [5.74, 6) is 0.408. The molecular weight excluding hydrogens is 188 g/mol. The monoisotopic (exact) mass is 204 g/mol. The quantitative estimate of drug-likeness (QED) is 0.640. The summed E-state index contributed by atoms with van der Waals surface area (Å²) in [5, 5.41) is 2.70. The minimum atomic E-state index is -0.848. The van der Waals surface area contributed by atoms with Crippen LogP contribution >= 0.6 is 0 Å². The largest absolute Gasteiger partial charge is 0.354 e. The van der Waals surface area contributed by atoms with Crippen molar-refractivity contribution in [2.75, 3.05) is 18.6 Å². The molecule has 1 fully saturated rings. The zero-order chi connectivity index (χ0) is 9.90. The van der Waals surface area contributed by atoms with Gasteiger partial charge in [0.05, 0.1) is 5.54 Å².